The average Bonchev–Trinajstić information content (AvgIpc) is 3.32. The number of rotatable bonds is 34. The van der Waals surface area contributed by atoms with E-state index >= 15 is 0 Å². The van der Waals surface area contributed by atoms with Gasteiger partial charge in [0.25, 0.3) is 0 Å². The first-order valence-electron chi connectivity index (χ1n) is 23.0. The van der Waals surface area contributed by atoms with Crippen LogP contribution in [0.5, 0.6) is 5.75 Å². The van der Waals surface area contributed by atoms with Crippen molar-refractivity contribution in [1.29, 1.82) is 0 Å². The number of hydrogen-bond donors (Lipinski definition) is 16. The van der Waals surface area contributed by atoms with Gasteiger partial charge >= 0.3 is 11.9 Å². The molecule has 0 saturated heterocycles. The Balaban J connectivity index is 3.22. The molecule has 0 saturated carbocycles. The minimum Gasteiger partial charge on any atom is -0.508 e. The maximum atomic E-state index is 13.9. The number of carboxylic acid groups (broad SMARTS) is 2. The number of carbonyl (C=O) groups is 11. The van der Waals surface area contributed by atoms with Gasteiger partial charge in [-0.1, -0.05) is 59.1 Å². The molecule has 0 heterocycles. The molecule has 26 nitrogen and oxygen atoms in total. The molecule has 0 aliphatic rings. The lowest BCUT2D eigenvalue weighted by atomic mass is 9.96. The number of phenols is 1. The fraction of sp³-hybridized carbons (Fsp3) is 0.614. The summed E-state index contributed by atoms with van der Waals surface area (Å²) in [5, 5.41) is 57.5. The van der Waals surface area contributed by atoms with Crippen LogP contribution in [0.1, 0.15) is 84.6 Å². The monoisotopic (exact) mass is 1030 g/mol. The Hall–Kier alpha value is -6.58. The van der Waals surface area contributed by atoms with Gasteiger partial charge < -0.3 is 80.2 Å². The first kappa shape index (κ1) is 62.4. The van der Waals surface area contributed by atoms with E-state index < -0.39 is 158 Å². The number of aromatic hydroxyl groups is 1. The highest BCUT2D eigenvalue weighted by molar-refractivity contribution is 7.80. The van der Waals surface area contributed by atoms with Gasteiger partial charge in [-0.25, -0.2) is 4.79 Å². The van der Waals surface area contributed by atoms with Gasteiger partial charge in [0.2, 0.25) is 53.2 Å². The molecule has 1 aromatic carbocycles. The third-order valence-electron chi connectivity index (χ3n) is 11.3. The first-order valence-corrected chi connectivity index (χ1v) is 23.6. The summed E-state index contributed by atoms with van der Waals surface area (Å²) in [4.78, 5) is 142. The minimum absolute atomic E-state index is 0.0397. The predicted molar refractivity (Wildman–Crippen MR) is 257 cm³/mol. The van der Waals surface area contributed by atoms with Crippen molar-refractivity contribution in [2.45, 2.75) is 134 Å². The molecule has 1 rings (SSSR count). The van der Waals surface area contributed by atoms with Crippen molar-refractivity contribution < 1.29 is 73.2 Å². The molecule has 10 atom stereocenters. The van der Waals surface area contributed by atoms with Crippen LogP contribution < -0.4 is 59.7 Å². The third kappa shape index (κ3) is 22.8. The Morgan fingerprint density at radius 2 is 1.14 bits per heavy atom. The van der Waals surface area contributed by atoms with E-state index in [0.717, 1.165) is 0 Å². The fourth-order valence-electron chi connectivity index (χ4n) is 6.55. The standard InChI is InChI=1S/C44H71N11O15S/c1-5-22(3)35(42(67)48-19-33(59)49-29(44(69)70)17-24-10-12-25(57)13-11-24)54-41(66)31(21-71)53-43(68)36(23(4)6-2)55-38(63)27(14-15-32(47)58)50-39(64)28(18-34(60)61)51-40(65)30(20-56)52-37(62)26(46)9-7-8-16-45/h10-13,22-23,26-31,35-36,56-57,71H,5-9,14-21,45-46H2,1-4H3,(H2,47,58)(H,48,67)(H,49,59)(H,50,64)(H,51,65)(H,52,62)(H,53,68)(H,54,66)(H,55,63)(H,60,61)(H,69,70)/t22-,23-,26-,27-,28-,29-,30-,31-,35-,36-/m0/s1. The topological polar surface area (TPSA) is 443 Å². The highest BCUT2D eigenvalue weighted by atomic mass is 32.1. The molecule has 0 spiro atoms. The Bertz CT molecular complexity index is 2000. The summed E-state index contributed by atoms with van der Waals surface area (Å²) in [6.07, 6.45) is -0.300. The van der Waals surface area contributed by atoms with Crippen LogP contribution in [-0.2, 0) is 59.2 Å². The molecular weight excluding hydrogens is 955 g/mol. The molecule has 0 radical (unpaired) electrons. The number of benzene rings is 1. The van der Waals surface area contributed by atoms with E-state index in [1.54, 1.807) is 27.7 Å². The number of aliphatic hydroxyl groups excluding tert-OH is 1. The molecule has 0 fully saturated rings. The van der Waals surface area contributed by atoms with Gasteiger partial charge in [-0.15, -0.1) is 0 Å². The number of amides is 9. The molecule has 0 bridgehead atoms. The Morgan fingerprint density at radius 3 is 1.65 bits per heavy atom. The van der Waals surface area contributed by atoms with Crippen LogP contribution >= 0.6 is 12.6 Å². The first-order chi connectivity index (χ1) is 33.4. The lowest BCUT2D eigenvalue weighted by molar-refractivity contribution is -0.142. The van der Waals surface area contributed by atoms with E-state index in [4.69, 9.17) is 17.2 Å². The van der Waals surface area contributed by atoms with Crippen molar-refractivity contribution in [1.82, 2.24) is 42.5 Å². The van der Waals surface area contributed by atoms with Gasteiger partial charge in [-0.2, -0.15) is 12.6 Å². The van der Waals surface area contributed by atoms with Crippen molar-refractivity contribution in [3.63, 3.8) is 0 Å². The number of hydrogen-bond acceptors (Lipinski definition) is 16. The second-order valence-electron chi connectivity index (χ2n) is 16.9. The van der Waals surface area contributed by atoms with E-state index in [1.807, 2.05) is 0 Å². The maximum Gasteiger partial charge on any atom is 0.326 e. The summed E-state index contributed by atoms with van der Waals surface area (Å²) < 4.78 is 0. The average molecular weight is 1030 g/mol. The lowest BCUT2D eigenvalue weighted by Gasteiger charge is -2.29. The summed E-state index contributed by atoms with van der Waals surface area (Å²) in [5.74, 6) is -13.2. The van der Waals surface area contributed by atoms with Crippen molar-refractivity contribution in [2.75, 3.05) is 25.4 Å². The van der Waals surface area contributed by atoms with Crippen LogP contribution in [0.3, 0.4) is 0 Å². The molecular formula is C44H71N11O15S. The Labute approximate surface area is 416 Å². The van der Waals surface area contributed by atoms with Crippen LogP contribution in [0.2, 0.25) is 0 Å². The largest absolute Gasteiger partial charge is 0.508 e. The van der Waals surface area contributed by atoms with E-state index in [1.165, 1.54) is 24.3 Å². The van der Waals surface area contributed by atoms with Gasteiger partial charge in [0.15, 0.2) is 0 Å². The van der Waals surface area contributed by atoms with Crippen LogP contribution in [0, 0.1) is 11.8 Å². The highest BCUT2D eigenvalue weighted by Gasteiger charge is 2.36. The second kappa shape index (κ2) is 32.3. The maximum absolute atomic E-state index is 13.9. The number of aliphatic hydroxyl groups is 1. The molecule has 27 heteroatoms. The number of thiol groups is 1. The fourth-order valence-corrected chi connectivity index (χ4v) is 6.81. The molecule has 398 valence electrons. The van der Waals surface area contributed by atoms with Crippen LogP contribution in [0.4, 0.5) is 0 Å². The molecule has 9 amide bonds. The van der Waals surface area contributed by atoms with Gasteiger partial charge in [0, 0.05) is 18.6 Å². The number of nitrogens with two attached hydrogens (primary N) is 3. The number of phenolic OH excluding ortho intramolecular Hbond substituents is 1. The van der Waals surface area contributed by atoms with Crippen LogP contribution in [0.25, 0.3) is 0 Å². The van der Waals surface area contributed by atoms with Crippen molar-refractivity contribution >= 4 is 77.7 Å². The van der Waals surface area contributed by atoms with Crippen LogP contribution in [0.15, 0.2) is 24.3 Å². The number of primary amides is 1. The lowest BCUT2D eigenvalue weighted by Crippen LogP contribution is -2.62. The van der Waals surface area contributed by atoms with Gasteiger partial charge in [0.05, 0.1) is 25.6 Å². The number of nitrogens with one attached hydrogen (secondary N) is 8. The quantitative estimate of drug-likeness (QED) is 0.0230. The normalized spacial score (nSPS) is 15.2. The van der Waals surface area contributed by atoms with Gasteiger partial charge in [0.1, 0.15) is 48.0 Å². The summed E-state index contributed by atoms with van der Waals surface area (Å²) >= 11 is 4.21. The number of aliphatic carboxylic acids is 2. The zero-order chi connectivity index (χ0) is 54.0. The molecule has 0 aliphatic heterocycles. The molecule has 71 heavy (non-hydrogen) atoms. The Kier molecular flexibility index (Phi) is 28.4. The number of carbonyl (C=O) groups excluding carboxylic acids is 9. The molecule has 18 N–H and O–H groups in total. The number of carboxylic acids is 2. The molecule has 1 aromatic rings. The zero-order valence-electron chi connectivity index (χ0n) is 40.2. The van der Waals surface area contributed by atoms with E-state index in [-0.39, 0.29) is 30.8 Å². The highest BCUT2D eigenvalue weighted by Crippen LogP contribution is 2.14. The predicted octanol–water partition coefficient (Wildman–Crippen LogP) is -4.26. The third-order valence-corrected chi connectivity index (χ3v) is 11.6. The summed E-state index contributed by atoms with van der Waals surface area (Å²) in [6, 6.07) is -6.22. The van der Waals surface area contributed by atoms with E-state index in [2.05, 4.69) is 55.2 Å². The van der Waals surface area contributed by atoms with Gasteiger partial charge in [-0.05, 0) is 55.3 Å². The number of unbranched alkanes of at least 4 members (excludes halogenated alkanes) is 1. The summed E-state index contributed by atoms with van der Waals surface area (Å²) in [7, 11) is 0. The minimum atomic E-state index is -1.92. The van der Waals surface area contributed by atoms with E-state index in [0.29, 0.717) is 31.4 Å². The smallest absolute Gasteiger partial charge is 0.326 e. The second-order valence-corrected chi connectivity index (χ2v) is 17.3. The summed E-state index contributed by atoms with van der Waals surface area (Å²) in [5.41, 5.74) is 17.1. The summed E-state index contributed by atoms with van der Waals surface area (Å²) in [6.45, 7) is 5.30. The molecule has 0 unspecified atom stereocenters. The molecule has 0 aromatic heterocycles. The van der Waals surface area contributed by atoms with E-state index in [9.17, 15) is 73.2 Å². The van der Waals surface area contributed by atoms with Crippen LogP contribution in [-0.4, -0.2) is 159 Å². The zero-order valence-corrected chi connectivity index (χ0v) is 41.1. The Morgan fingerprint density at radius 1 is 0.634 bits per heavy atom. The van der Waals surface area contributed by atoms with Crippen molar-refractivity contribution in [3.05, 3.63) is 29.8 Å². The SMILES string of the molecule is CC[C@H](C)[C@H](NC(=O)[C@H](CS)NC(=O)[C@@H](NC(=O)[C@H](CCC(N)=O)NC(=O)[C@H](CC(=O)O)NC(=O)[C@H](CO)NC(=O)[C@@H](N)CCCCN)[C@@H](C)CC)C(=O)NCC(=O)N[C@@H](Cc1ccc(O)cc1)C(=O)O. The van der Waals surface area contributed by atoms with Gasteiger partial charge in [-0.3, -0.25) is 47.9 Å². The van der Waals surface area contributed by atoms with Crippen molar-refractivity contribution in [3.8, 4) is 5.75 Å². The van der Waals surface area contributed by atoms with Crippen molar-refractivity contribution in [2.24, 2.45) is 29.0 Å². The molecule has 0 aliphatic carbocycles.